The number of ether oxygens (including phenoxy) is 1. The monoisotopic (exact) mass is 366 g/mol. The molecule has 1 aromatic heterocycles. The number of benzene rings is 1. The molecule has 134 valence electrons. The van der Waals surface area contributed by atoms with Gasteiger partial charge in [-0.1, -0.05) is 0 Å². The average Bonchev–Trinajstić information content (AvgIpc) is 3.02. The number of anilines is 1. The number of nitro benzene ring substituents is 1. The molecule has 2 aromatic rings. The summed E-state index contributed by atoms with van der Waals surface area (Å²) in [6, 6.07) is 4.69. The average molecular weight is 366 g/mol. The van der Waals surface area contributed by atoms with Crippen LogP contribution in [0.1, 0.15) is 19.3 Å². The number of hydrogen-bond donors (Lipinski definition) is 1. The van der Waals surface area contributed by atoms with Crippen molar-refractivity contribution in [2.45, 2.75) is 36.8 Å². The number of rotatable bonds is 6. The molecule has 1 aliphatic rings. The van der Waals surface area contributed by atoms with Gasteiger partial charge in [0.15, 0.2) is 0 Å². The Morgan fingerprint density at radius 3 is 2.72 bits per heavy atom. The molecule has 1 atom stereocenters. The van der Waals surface area contributed by atoms with Gasteiger partial charge in [-0.15, -0.1) is 0 Å². The summed E-state index contributed by atoms with van der Waals surface area (Å²) in [6.07, 6.45) is 6.26. The van der Waals surface area contributed by atoms with Crippen LogP contribution in [0.15, 0.2) is 41.6 Å². The zero-order chi connectivity index (χ0) is 17.9. The Kier molecular flexibility index (Phi) is 5.00. The number of hydrogen-bond acceptors (Lipinski definition) is 6. The van der Waals surface area contributed by atoms with Gasteiger partial charge in [0.25, 0.3) is 15.7 Å². The molecule has 1 fully saturated rings. The molecule has 3 rings (SSSR count). The van der Waals surface area contributed by atoms with Gasteiger partial charge < -0.3 is 4.74 Å². The molecule has 2 heterocycles. The number of sulfonamides is 1. The van der Waals surface area contributed by atoms with Crippen molar-refractivity contribution < 1.29 is 18.1 Å². The standard InChI is InChI=1S/C15H18N4O5S/c20-19(21)13-4-6-15(7-5-13)25(22,23)17-12-9-16-18(10-12)11-14-3-1-2-8-24-14/h4-7,9-10,14,17H,1-3,8,11H2. The molecule has 1 unspecified atom stereocenters. The first-order chi connectivity index (χ1) is 11.9. The molecule has 1 N–H and O–H groups in total. The Morgan fingerprint density at radius 1 is 1.32 bits per heavy atom. The van der Waals surface area contributed by atoms with Crippen LogP contribution >= 0.6 is 0 Å². The lowest BCUT2D eigenvalue weighted by molar-refractivity contribution is -0.384. The minimum absolute atomic E-state index is 0.0542. The van der Waals surface area contributed by atoms with Crippen molar-refractivity contribution in [3.8, 4) is 0 Å². The fourth-order valence-corrected chi connectivity index (χ4v) is 3.67. The summed E-state index contributed by atoms with van der Waals surface area (Å²) < 4.78 is 34.4. The Balaban J connectivity index is 1.67. The molecule has 9 nitrogen and oxygen atoms in total. The van der Waals surface area contributed by atoms with Crippen LogP contribution in [0.25, 0.3) is 0 Å². The number of nitro groups is 1. The summed E-state index contributed by atoms with van der Waals surface area (Å²) in [6.45, 7) is 1.31. The molecule has 0 amide bonds. The summed E-state index contributed by atoms with van der Waals surface area (Å²) in [4.78, 5) is 10.0. The smallest absolute Gasteiger partial charge is 0.269 e. The van der Waals surface area contributed by atoms with Crippen LogP contribution in [0.3, 0.4) is 0 Å². The first kappa shape index (κ1) is 17.4. The molecule has 10 heteroatoms. The van der Waals surface area contributed by atoms with Crippen LogP contribution in [-0.4, -0.2) is 35.8 Å². The van der Waals surface area contributed by atoms with Gasteiger partial charge in [0.2, 0.25) is 0 Å². The molecular weight excluding hydrogens is 348 g/mol. The fourth-order valence-electron chi connectivity index (χ4n) is 2.64. The highest BCUT2D eigenvalue weighted by Gasteiger charge is 2.18. The number of nitrogens with one attached hydrogen (secondary N) is 1. The first-order valence-electron chi connectivity index (χ1n) is 7.85. The summed E-state index contributed by atoms with van der Waals surface area (Å²) in [7, 11) is -3.83. The highest BCUT2D eigenvalue weighted by Crippen LogP contribution is 2.20. The summed E-state index contributed by atoms with van der Waals surface area (Å²) in [5.74, 6) is 0. The summed E-state index contributed by atoms with van der Waals surface area (Å²) >= 11 is 0. The third-order valence-electron chi connectivity index (χ3n) is 3.91. The summed E-state index contributed by atoms with van der Waals surface area (Å²) in [5.41, 5.74) is 0.161. The molecule has 1 saturated heterocycles. The topological polar surface area (TPSA) is 116 Å². The van der Waals surface area contributed by atoms with Gasteiger partial charge in [-0.25, -0.2) is 8.42 Å². The van der Waals surface area contributed by atoms with Crippen LogP contribution in [0, 0.1) is 10.1 Å². The number of nitrogens with zero attached hydrogens (tertiary/aromatic N) is 3. The lowest BCUT2D eigenvalue weighted by atomic mass is 10.1. The third-order valence-corrected chi connectivity index (χ3v) is 5.31. The zero-order valence-corrected chi connectivity index (χ0v) is 14.2. The van der Waals surface area contributed by atoms with E-state index in [2.05, 4.69) is 9.82 Å². The van der Waals surface area contributed by atoms with Crippen molar-refractivity contribution in [1.82, 2.24) is 9.78 Å². The van der Waals surface area contributed by atoms with Crippen molar-refractivity contribution >= 4 is 21.4 Å². The van der Waals surface area contributed by atoms with Gasteiger partial charge in [-0.05, 0) is 31.4 Å². The van der Waals surface area contributed by atoms with Gasteiger partial charge in [0, 0.05) is 24.9 Å². The molecule has 0 saturated carbocycles. The van der Waals surface area contributed by atoms with Gasteiger partial charge in [0.1, 0.15) is 0 Å². The van der Waals surface area contributed by atoms with Gasteiger partial charge in [-0.3, -0.25) is 19.5 Å². The zero-order valence-electron chi connectivity index (χ0n) is 13.4. The van der Waals surface area contributed by atoms with Gasteiger partial charge in [0.05, 0.1) is 34.4 Å². The third kappa shape index (κ3) is 4.34. The lowest BCUT2D eigenvalue weighted by Crippen LogP contribution is -2.24. The molecule has 1 aromatic carbocycles. The molecule has 1 aliphatic heterocycles. The van der Waals surface area contributed by atoms with E-state index < -0.39 is 14.9 Å². The predicted molar refractivity (Wildman–Crippen MR) is 89.7 cm³/mol. The minimum Gasteiger partial charge on any atom is -0.376 e. The largest absolute Gasteiger partial charge is 0.376 e. The quantitative estimate of drug-likeness (QED) is 0.618. The molecule has 25 heavy (non-hydrogen) atoms. The van der Waals surface area contributed by atoms with E-state index in [1.807, 2.05) is 0 Å². The lowest BCUT2D eigenvalue weighted by Gasteiger charge is -2.22. The molecule has 0 spiro atoms. The first-order valence-corrected chi connectivity index (χ1v) is 9.34. The highest BCUT2D eigenvalue weighted by molar-refractivity contribution is 7.92. The van der Waals surface area contributed by atoms with E-state index >= 15 is 0 Å². The Labute approximate surface area is 144 Å². The van der Waals surface area contributed by atoms with Gasteiger partial charge >= 0.3 is 0 Å². The molecule has 0 radical (unpaired) electrons. The van der Waals surface area contributed by atoms with Crippen LogP contribution in [0.5, 0.6) is 0 Å². The van der Waals surface area contributed by atoms with E-state index in [1.54, 1.807) is 10.9 Å². The van der Waals surface area contributed by atoms with E-state index in [0.29, 0.717) is 12.2 Å². The maximum absolute atomic E-state index is 12.3. The van der Waals surface area contributed by atoms with Crippen LogP contribution in [0.4, 0.5) is 11.4 Å². The fraction of sp³-hybridized carbons (Fsp3) is 0.400. The van der Waals surface area contributed by atoms with Crippen molar-refractivity contribution in [1.29, 1.82) is 0 Å². The maximum atomic E-state index is 12.3. The SMILES string of the molecule is O=[N+]([O-])c1ccc(S(=O)(=O)Nc2cnn(CC3CCCCO3)c2)cc1. The second kappa shape index (κ2) is 7.19. The Bertz CT molecular complexity index is 841. The summed E-state index contributed by atoms with van der Waals surface area (Å²) in [5, 5.41) is 14.8. The Morgan fingerprint density at radius 2 is 2.08 bits per heavy atom. The van der Waals surface area contributed by atoms with Crippen LogP contribution in [-0.2, 0) is 21.3 Å². The van der Waals surface area contributed by atoms with E-state index in [0.717, 1.165) is 38.0 Å². The Hall–Kier alpha value is -2.46. The molecular formula is C15H18N4O5S. The van der Waals surface area contributed by atoms with Crippen molar-refractivity contribution in [3.05, 3.63) is 46.8 Å². The van der Waals surface area contributed by atoms with Crippen LogP contribution in [0.2, 0.25) is 0 Å². The molecule has 0 bridgehead atoms. The highest BCUT2D eigenvalue weighted by atomic mass is 32.2. The van der Waals surface area contributed by atoms with E-state index in [4.69, 9.17) is 4.74 Å². The van der Waals surface area contributed by atoms with Crippen molar-refractivity contribution in [3.63, 3.8) is 0 Å². The second-order valence-corrected chi connectivity index (χ2v) is 7.48. The van der Waals surface area contributed by atoms with E-state index in [9.17, 15) is 18.5 Å². The number of aromatic nitrogens is 2. The maximum Gasteiger partial charge on any atom is 0.269 e. The van der Waals surface area contributed by atoms with Crippen molar-refractivity contribution in [2.75, 3.05) is 11.3 Å². The predicted octanol–water partition coefficient (Wildman–Crippen LogP) is 2.16. The minimum atomic E-state index is -3.83. The van der Waals surface area contributed by atoms with Crippen LogP contribution < -0.4 is 4.72 Å². The number of non-ortho nitro benzene ring substituents is 1. The van der Waals surface area contributed by atoms with E-state index in [1.165, 1.54) is 18.3 Å². The normalized spacial score (nSPS) is 18.0. The van der Waals surface area contributed by atoms with Gasteiger partial charge in [-0.2, -0.15) is 5.10 Å². The molecule has 0 aliphatic carbocycles. The van der Waals surface area contributed by atoms with Crippen molar-refractivity contribution in [2.24, 2.45) is 0 Å². The second-order valence-electron chi connectivity index (χ2n) is 5.80. The van der Waals surface area contributed by atoms with E-state index in [-0.39, 0.29) is 16.7 Å².